The molecule has 0 saturated carbocycles. The van der Waals surface area contributed by atoms with Gasteiger partial charge in [-0.2, -0.15) is 0 Å². The second kappa shape index (κ2) is 4.73. The molecule has 1 rings (SSSR count). The van der Waals surface area contributed by atoms with Crippen LogP contribution in [0.2, 0.25) is 0 Å². The molecule has 0 amide bonds. The van der Waals surface area contributed by atoms with Gasteiger partial charge in [0.1, 0.15) is 6.10 Å². The second-order valence-electron chi connectivity index (χ2n) is 2.76. The van der Waals surface area contributed by atoms with Gasteiger partial charge in [-0.25, -0.2) is 8.78 Å². The van der Waals surface area contributed by atoms with Crippen LogP contribution in [0.25, 0.3) is 0 Å². The third-order valence-electron chi connectivity index (χ3n) is 1.79. The average Bonchev–Trinajstić information content (AvgIpc) is 2.18. The van der Waals surface area contributed by atoms with E-state index in [0.717, 1.165) is 0 Å². The lowest BCUT2D eigenvalue weighted by molar-refractivity contribution is 0.151. The highest BCUT2D eigenvalue weighted by Crippen LogP contribution is 2.20. The maximum atomic E-state index is 12.2. The van der Waals surface area contributed by atoms with Gasteiger partial charge in [0.15, 0.2) is 0 Å². The summed E-state index contributed by atoms with van der Waals surface area (Å²) in [7, 11) is 0. The van der Waals surface area contributed by atoms with Crippen molar-refractivity contribution in [1.82, 2.24) is 0 Å². The standard InChI is InChI=1S/C11H10F2O/c1-2-3-10(14)8-4-6-9(7-5-8)11(12)13/h4-7,10-11,14H,1H3. The number of benzene rings is 1. The average molecular weight is 196 g/mol. The van der Waals surface area contributed by atoms with Gasteiger partial charge in [-0.15, -0.1) is 5.92 Å². The molecule has 14 heavy (non-hydrogen) atoms. The molecule has 1 nitrogen and oxygen atoms in total. The molecule has 0 bridgehead atoms. The maximum absolute atomic E-state index is 12.2. The third-order valence-corrected chi connectivity index (χ3v) is 1.79. The number of rotatable bonds is 2. The summed E-state index contributed by atoms with van der Waals surface area (Å²) in [6.45, 7) is 1.61. The number of halogens is 2. The highest BCUT2D eigenvalue weighted by Gasteiger charge is 2.08. The van der Waals surface area contributed by atoms with Crippen LogP contribution in [0.3, 0.4) is 0 Å². The van der Waals surface area contributed by atoms with Crippen LogP contribution < -0.4 is 0 Å². The van der Waals surface area contributed by atoms with Crippen molar-refractivity contribution in [3.05, 3.63) is 35.4 Å². The molecule has 1 aromatic carbocycles. The fraction of sp³-hybridized carbons (Fsp3) is 0.273. The predicted molar refractivity (Wildman–Crippen MR) is 49.8 cm³/mol. The molecule has 1 atom stereocenters. The second-order valence-corrected chi connectivity index (χ2v) is 2.76. The molecular formula is C11H10F2O. The number of hydrogen-bond donors (Lipinski definition) is 1. The number of hydrogen-bond acceptors (Lipinski definition) is 1. The Morgan fingerprint density at radius 3 is 2.07 bits per heavy atom. The fourth-order valence-electron chi connectivity index (χ4n) is 1.04. The summed E-state index contributed by atoms with van der Waals surface area (Å²) in [5, 5.41) is 9.39. The molecule has 1 aromatic rings. The first-order valence-corrected chi connectivity index (χ1v) is 4.13. The van der Waals surface area contributed by atoms with Crippen LogP contribution in [0.15, 0.2) is 24.3 Å². The highest BCUT2D eigenvalue weighted by atomic mass is 19.3. The van der Waals surface area contributed by atoms with E-state index < -0.39 is 12.5 Å². The predicted octanol–water partition coefficient (Wildman–Crippen LogP) is 2.68. The van der Waals surface area contributed by atoms with Crippen molar-refractivity contribution in [1.29, 1.82) is 0 Å². The Balaban J connectivity index is 2.86. The Hall–Kier alpha value is -1.40. The molecule has 0 aromatic heterocycles. The van der Waals surface area contributed by atoms with Crippen LogP contribution in [0.1, 0.15) is 30.6 Å². The summed E-state index contributed by atoms with van der Waals surface area (Å²) in [6, 6.07) is 5.49. The van der Waals surface area contributed by atoms with Crippen molar-refractivity contribution in [2.75, 3.05) is 0 Å². The zero-order valence-electron chi connectivity index (χ0n) is 7.67. The summed E-state index contributed by atoms with van der Waals surface area (Å²) in [5.41, 5.74) is 0.481. The van der Waals surface area contributed by atoms with Gasteiger partial charge >= 0.3 is 0 Å². The molecular weight excluding hydrogens is 186 g/mol. The minimum Gasteiger partial charge on any atom is -0.376 e. The van der Waals surface area contributed by atoms with E-state index in [2.05, 4.69) is 11.8 Å². The van der Waals surface area contributed by atoms with Gasteiger partial charge < -0.3 is 5.11 Å². The maximum Gasteiger partial charge on any atom is 0.263 e. The van der Waals surface area contributed by atoms with Gasteiger partial charge in [0.25, 0.3) is 6.43 Å². The number of aliphatic hydroxyl groups excluding tert-OH is 1. The molecule has 0 aliphatic carbocycles. The van der Waals surface area contributed by atoms with E-state index in [-0.39, 0.29) is 5.56 Å². The van der Waals surface area contributed by atoms with Crippen LogP contribution >= 0.6 is 0 Å². The van der Waals surface area contributed by atoms with Crippen LogP contribution in [0, 0.1) is 11.8 Å². The normalized spacial score (nSPS) is 12.1. The van der Waals surface area contributed by atoms with E-state index in [9.17, 15) is 13.9 Å². The minimum absolute atomic E-state index is 0.0505. The van der Waals surface area contributed by atoms with Crippen LogP contribution in [0.4, 0.5) is 8.78 Å². The number of aliphatic hydroxyl groups is 1. The Kier molecular flexibility index (Phi) is 3.61. The lowest BCUT2D eigenvalue weighted by Gasteiger charge is -2.04. The van der Waals surface area contributed by atoms with Crippen molar-refractivity contribution in [3.63, 3.8) is 0 Å². The molecule has 1 N–H and O–H groups in total. The molecule has 0 fully saturated rings. The summed E-state index contributed by atoms with van der Waals surface area (Å²) >= 11 is 0. The molecule has 74 valence electrons. The summed E-state index contributed by atoms with van der Waals surface area (Å²) in [6.07, 6.45) is -3.37. The first-order chi connectivity index (χ1) is 6.65. The monoisotopic (exact) mass is 196 g/mol. The highest BCUT2D eigenvalue weighted by molar-refractivity contribution is 5.28. The Morgan fingerprint density at radius 2 is 1.64 bits per heavy atom. The van der Waals surface area contributed by atoms with E-state index >= 15 is 0 Å². The largest absolute Gasteiger partial charge is 0.376 e. The van der Waals surface area contributed by atoms with Crippen molar-refractivity contribution in [2.24, 2.45) is 0 Å². The molecule has 0 heterocycles. The van der Waals surface area contributed by atoms with Gasteiger partial charge in [-0.1, -0.05) is 30.2 Å². The Labute approximate surface area is 81.4 Å². The van der Waals surface area contributed by atoms with Crippen LogP contribution in [-0.4, -0.2) is 5.11 Å². The quantitative estimate of drug-likeness (QED) is 0.721. The molecule has 0 radical (unpaired) electrons. The summed E-state index contributed by atoms with van der Waals surface area (Å²) in [4.78, 5) is 0. The van der Waals surface area contributed by atoms with E-state index in [0.29, 0.717) is 5.56 Å². The molecule has 0 aliphatic rings. The van der Waals surface area contributed by atoms with Gasteiger partial charge in [0.2, 0.25) is 0 Å². The van der Waals surface area contributed by atoms with Crippen LogP contribution in [-0.2, 0) is 0 Å². The molecule has 0 aliphatic heterocycles. The van der Waals surface area contributed by atoms with Crippen molar-refractivity contribution in [3.8, 4) is 11.8 Å². The van der Waals surface area contributed by atoms with Gasteiger partial charge in [0.05, 0.1) is 0 Å². The van der Waals surface area contributed by atoms with E-state index in [1.807, 2.05) is 0 Å². The van der Waals surface area contributed by atoms with Crippen LogP contribution in [0.5, 0.6) is 0 Å². The lowest BCUT2D eigenvalue weighted by Crippen LogP contribution is -1.94. The Bertz CT molecular complexity index is 346. The zero-order valence-corrected chi connectivity index (χ0v) is 7.67. The first-order valence-electron chi connectivity index (χ1n) is 4.13. The number of alkyl halides is 2. The topological polar surface area (TPSA) is 20.2 Å². The zero-order chi connectivity index (χ0) is 10.6. The van der Waals surface area contributed by atoms with Gasteiger partial charge in [0, 0.05) is 5.56 Å². The van der Waals surface area contributed by atoms with E-state index in [1.165, 1.54) is 24.3 Å². The minimum atomic E-state index is -2.47. The Morgan fingerprint density at radius 1 is 1.14 bits per heavy atom. The molecule has 3 heteroatoms. The van der Waals surface area contributed by atoms with Crippen molar-refractivity contribution >= 4 is 0 Å². The third kappa shape index (κ3) is 2.54. The van der Waals surface area contributed by atoms with E-state index in [4.69, 9.17) is 0 Å². The SMILES string of the molecule is CC#CC(O)c1ccc(C(F)F)cc1. The van der Waals surface area contributed by atoms with E-state index in [1.54, 1.807) is 6.92 Å². The smallest absolute Gasteiger partial charge is 0.263 e. The first kappa shape index (κ1) is 10.7. The lowest BCUT2D eigenvalue weighted by atomic mass is 10.1. The van der Waals surface area contributed by atoms with Crippen molar-refractivity contribution in [2.45, 2.75) is 19.5 Å². The van der Waals surface area contributed by atoms with Gasteiger partial charge in [-0.05, 0) is 12.5 Å². The molecule has 1 unspecified atom stereocenters. The summed E-state index contributed by atoms with van der Waals surface area (Å²) < 4.78 is 24.3. The molecule has 0 saturated heterocycles. The summed E-state index contributed by atoms with van der Waals surface area (Å²) in [5.74, 6) is 5.08. The fourth-order valence-corrected chi connectivity index (χ4v) is 1.04. The van der Waals surface area contributed by atoms with Crippen molar-refractivity contribution < 1.29 is 13.9 Å². The van der Waals surface area contributed by atoms with Gasteiger partial charge in [-0.3, -0.25) is 0 Å². The molecule has 0 spiro atoms.